The van der Waals surface area contributed by atoms with Crippen molar-refractivity contribution < 1.29 is 28.2 Å². The van der Waals surface area contributed by atoms with Gasteiger partial charge in [0.05, 0.1) is 30.9 Å². The van der Waals surface area contributed by atoms with E-state index in [2.05, 4.69) is 21.9 Å². The molecule has 2 atom stereocenters. The maximum atomic E-state index is 13.7. The number of likely N-dealkylation sites (tertiary alicyclic amines) is 1. The van der Waals surface area contributed by atoms with Gasteiger partial charge < -0.3 is 20.0 Å². The number of halogens is 3. The van der Waals surface area contributed by atoms with Gasteiger partial charge in [-0.3, -0.25) is 14.4 Å². The molecule has 0 bridgehead atoms. The number of benzene rings is 1. The first-order chi connectivity index (χ1) is 18.4. The summed E-state index contributed by atoms with van der Waals surface area (Å²) in [6.07, 6.45) is -4.67. The zero-order valence-electron chi connectivity index (χ0n) is 22.2. The number of aromatic nitrogens is 2. The SMILES string of the molecule is CN(C)CC#Cc1c2c(nn1C)C(O)N(CC1(O)CCN(C(=O)C[C@H](c3ccccc3)C(F)(F)F)CC1)C=N2. The lowest BCUT2D eigenvalue weighted by atomic mass is 9.89. The molecule has 0 aliphatic carbocycles. The third-order valence-electron chi connectivity index (χ3n) is 7.04. The highest BCUT2D eigenvalue weighted by molar-refractivity contribution is 5.77. The highest BCUT2D eigenvalue weighted by Crippen LogP contribution is 2.39. The molecular formula is C27H33F3N6O3. The second-order valence-electron chi connectivity index (χ2n) is 10.4. The van der Waals surface area contributed by atoms with Crippen LogP contribution in [0.1, 0.15) is 48.4 Å². The molecule has 12 heteroatoms. The summed E-state index contributed by atoms with van der Waals surface area (Å²) in [6, 6.07) is 7.41. The Balaban J connectivity index is 1.38. The van der Waals surface area contributed by atoms with Gasteiger partial charge in [0.15, 0.2) is 6.23 Å². The number of rotatable bonds is 6. The molecule has 210 valence electrons. The van der Waals surface area contributed by atoms with E-state index in [-0.39, 0.29) is 38.0 Å². The molecule has 4 rings (SSSR count). The Morgan fingerprint density at radius 1 is 1.23 bits per heavy atom. The molecule has 1 aromatic carbocycles. The van der Waals surface area contributed by atoms with Crippen molar-refractivity contribution in [1.82, 2.24) is 24.5 Å². The van der Waals surface area contributed by atoms with Crippen LogP contribution in [0.4, 0.5) is 18.9 Å². The fourth-order valence-corrected chi connectivity index (χ4v) is 4.82. The molecule has 1 unspecified atom stereocenters. The number of β-amino-alcohol motifs (C(OH)–C–C–N with tert-alkyl or cyclic N) is 1. The Morgan fingerprint density at radius 2 is 1.90 bits per heavy atom. The lowest BCUT2D eigenvalue weighted by Crippen LogP contribution is -2.53. The molecule has 0 radical (unpaired) electrons. The standard InChI is InChI=1S/C27H33F3N6O3/c1-33(2)13-7-10-21-23-24(32-34(21)3)25(38)36(18-31-23)17-26(39)11-14-35(15-12-26)22(37)16-20(27(28,29)30)19-8-5-4-6-9-19/h4-6,8-9,18,20,25,38-39H,11-17H2,1-3H3/t20-,25?/m1/s1. The third kappa shape index (κ3) is 6.61. The minimum atomic E-state index is -4.56. The van der Waals surface area contributed by atoms with Gasteiger partial charge in [0.2, 0.25) is 5.91 Å². The molecule has 1 fully saturated rings. The first kappa shape index (κ1) is 28.6. The lowest BCUT2D eigenvalue weighted by molar-refractivity contribution is -0.162. The first-order valence-electron chi connectivity index (χ1n) is 12.7. The van der Waals surface area contributed by atoms with Crippen molar-refractivity contribution in [2.45, 2.75) is 43.2 Å². The molecule has 2 aliphatic rings. The Kier molecular flexibility index (Phi) is 8.34. The van der Waals surface area contributed by atoms with Crippen molar-refractivity contribution in [1.29, 1.82) is 0 Å². The van der Waals surface area contributed by atoms with Gasteiger partial charge in [-0.2, -0.15) is 18.3 Å². The summed E-state index contributed by atoms with van der Waals surface area (Å²) in [5.74, 6) is 3.56. The average Bonchev–Trinajstić information content (AvgIpc) is 3.20. The Labute approximate surface area is 225 Å². The highest BCUT2D eigenvalue weighted by atomic mass is 19.4. The molecule has 39 heavy (non-hydrogen) atoms. The summed E-state index contributed by atoms with van der Waals surface area (Å²) < 4.78 is 42.7. The van der Waals surface area contributed by atoms with Gasteiger partial charge in [-0.15, -0.1) is 0 Å². The maximum absolute atomic E-state index is 13.7. The minimum Gasteiger partial charge on any atom is -0.388 e. The van der Waals surface area contributed by atoms with Gasteiger partial charge in [0, 0.05) is 26.6 Å². The molecule has 1 saturated heterocycles. The number of aryl methyl sites for hydroxylation is 1. The number of amides is 1. The normalized spacial score (nSPS) is 19.5. The fraction of sp³-hybridized carbons (Fsp3) is 0.519. The summed E-state index contributed by atoms with van der Waals surface area (Å²) >= 11 is 0. The molecule has 2 aromatic rings. The van der Waals surface area contributed by atoms with Crippen LogP contribution in [0.15, 0.2) is 35.3 Å². The maximum Gasteiger partial charge on any atom is 0.396 e. The molecule has 3 heterocycles. The molecule has 1 amide bonds. The number of hydrogen-bond donors (Lipinski definition) is 2. The zero-order chi connectivity index (χ0) is 28.4. The van der Waals surface area contributed by atoms with Gasteiger partial charge in [-0.1, -0.05) is 36.3 Å². The average molecular weight is 547 g/mol. The van der Waals surface area contributed by atoms with E-state index in [1.54, 1.807) is 17.8 Å². The highest BCUT2D eigenvalue weighted by Gasteiger charge is 2.44. The Morgan fingerprint density at radius 3 is 2.51 bits per heavy atom. The monoisotopic (exact) mass is 546 g/mol. The van der Waals surface area contributed by atoms with Gasteiger partial charge in [-0.05, 0) is 38.4 Å². The van der Waals surface area contributed by atoms with E-state index < -0.39 is 36.3 Å². The van der Waals surface area contributed by atoms with Crippen LogP contribution >= 0.6 is 0 Å². The second-order valence-corrected chi connectivity index (χ2v) is 10.4. The third-order valence-corrected chi connectivity index (χ3v) is 7.04. The quantitative estimate of drug-likeness (QED) is 0.541. The van der Waals surface area contributed by atoms with E-state index in [4.69, 9.17) is 0 Å². The van der Waals surface area contributed by atoms with Crippen LogP contribution in [-0.2, 0) is 11.8 Å². The van der Waals surface area contributed by atoms with Crippen molar-refractivity contribution in [3.05, 3.63) is 47.3 Å². The summed E-state index contributed by atoms with van der Waals surface area (Å²) in [7, 11) is 5.52. The number of carbonyl (C=O) groups is 1. The minimum absolute atomic E-state index is 0.0204. The van der Waals surface area contributed by atoms with Gasteiger partial charge in [0.25, 0.3) is 0 Å². The number of aliphatic hydroxyl groups excluding tert-OH is 1. The zero-order valence-corrected chi connectivity index (χ0v) is 22.2. The van der Waals surface area contributed by atoms with E-state index in [9.17, 15) is 28.2 Å². The largest absolute Gasteiger partial charge is 0.396 e. The van der Waals surface area contributed by atoms with Crippen molar-refractivity contribution in [2.24, 2.45) is 12.0 Å². The second kappa shape index (κ2) is 11.4. The van der Waals surface area contributed by atoms with Crippen molar-refractivity contribution >= 4 is 17.9 Å². The van der Waals surface area contributed by atoms with E-state index in [1.807, 2.05) is 19.0 Å². The predicted molar refractivity (Wildman–Crippen MR) is 139 cm³/mol. The fourth-order valence-electron chi connectivity index (χ4n) is 4.82. The van der Waals surface area contributed by atoms with E-state index >= 15 is 0 Å². The van der Waals surface area contributed by atoms with Crippen molar-refractivity contribution in [2.75, 3.05) is 40.3 Å². The van der Waals surface area contributed by atoms with Crippen LogP contribution in [0.25, 0.3) is 0 Å². The first-order valence-corrected chi connectivity index (χ1v) is 12.7. The smallest absolute Gasteiger partial charge is 0.388 e. The number of fused-ring (bicyclic) bond motifs is 1. The van der Waals surface area contributed by atoms with Crippen LogP contribution in [0.2, 0.25) is 0 Å². The predicted octanol–water partition coefficient (Wildman–Crippen LogP) is 2.39. The number of alkyl halides is 3. The lowest BCUT2D eigenvalue weighted by Gasteiger charge is -2.42. The van der Waals surface area contributed by atoms with Crippen LogP contribution in [-0.4, -0.2) is 99.0 Å². The summed E-state index contributed by atoms with van der Waals surface area (Å²) in [4.78, 5) is 22.0. The summed E-state index contributed by atoms with van der Waals surface area (Å²) in [6.45, 7) is 0.785. The van der Waals surface area contributed by atoms with Gasteiger partial charge in [0.1, 0.15) is 17.1 Å². The van der Waals surface area contributed by atoms with Crippen molar-refractivity contribution in [3.8, 4) is 11.8 Å². The molecule has 0 saturated carbocycles. The Bertz CT molecular complexity index is 1260. The van der Waals surface area contributed by atoms with Gasteiger partial charge >= 0.3 is 6.18 Å². The van der Waals surface area contributed by atoms with E-state index in [1.165, 1.54) is 40.4 Å². The number of hydrogen-bond acceptors (Lipinski definition) is 7. The number of piperidine rings is 1. The number of aliphatic imine (C=N–C) groups is 1. The van der Waals surface area contributed by atoms with Crippen LogP contribution in [0.3, 0.4) is 0 Å². The van der Waals surface area contributed by atoms with Gasteiger partial charge in [-0.25, -0.2) is 4.99 Å². The molecule has 9 nitrogen and oxygen atoms in total. The number of carbonyl (C=O) groups excluding carboxylic acids is 1. The van der Waals surface area contributed by atoms with Crippen molar-refractivity contribution in [3.63, 3.8) is 0 Å². The summed E-state index contributed by atoms with van der Waals surface area (Å²) in [5.41, 5.74) is 0.140. The Hall–Kier alpha value is -3.40. The molecule has 2 N–H and O–H groups in total. The van der Waals surface area contributed by atoms with E-state index in [0.717, 1.165) is 0 Å². The molecule has 0 spiro atoms. The molecule has 1 aromatic heterocycles. The summed E-state index contributed by atoms with van der Waals surface area (Å²) in [5, 5.41) is 26.6. The molecule has 2 aliphatic heterocycles. The number of nitrogens with zero attached hydrogens (tertiary/aromatic N) is 6. The van der Waals surface area contributed by atoms with E-state index in [0.29, 0.717) is 23.6 Å². The topological polar surface area (TPSA) is 97.4 Å². The van der Waals surface area contributed by atoms with Crippen LogP contribution in [0, 0.1) is 11.8 Å². The molecular weight excluding hydrogens is 513 g/mol. The number of aliphatic hydroxyl groups is 2. The van der Waals surface area contributed by atoms with Crippen LogP contribution in [0.5, 0.6) is 0 Å². The van der Waals surface area contributed by atoms with Crippen LogP contribution < -0.4 is 0 Å².